The normalized spacial score (nSPS) is 11.0. The van der Waals surface area contributed by atoms with Gasteiger partial charge < -0.3 is 9.84 Å². The van der Waals surface area contributed by atoms with Crippen LogP contribution in [0.15, 0.2) is 36.4 Å². The van der Waals surface area contributed by atoms with Crippen molar-refractivity contribution in [3.63, 3.8) is 0 Å². The highest BCUT2D eigenvalue weighted by Crippen LogP contribution is 2.27. The number of phenols is 1. The summed E-state index contributed by atoms with van der Waals surface area (Å²) in [6.45, 7) is 2.64. The molecule has 3 aromatic rings. The van der Waals surface area contributed by atoms with Crippen LogP contribution >= 0.6 is 11.6 Å². The zero-order chi connectivity index (χ0) is 14.8. The van der Waals surface area contributed by atoms with Crippen molar-refractivity contribution >= 4 is 22.6 Å². The number of halogens is 1. The lowest BCUT2D eigenvalue weighted by molar-refractivity contribution is 0.315. The molecule has 0 aliphatic rings. The molecule has 0 bridgehead atoms. The van der Waals surface area contributed by atoms with Gasteiger partial charge in [-0.05, 0) is 36.8 Å². The van der Waals surface area contributed by atoms with Crippen LogP contribution in [0.2, 0.25) is 5.02 Å². The smallest absolute Gasteiger partial charge is 0.146 e. The van der Waals surface area contributed by atoms with Crippen molar-refractivity contribution in [2.45, 2.75) is 13.3 Å². The maximum Gasteiger partial charge on any atom is 0.146 e. The number of hydrogen-bond acceptors (Lipinski definition) is 4. The molecule has 0 amide bonds. The molecule has 21 heavy (non-hydrogen) atoms. The molecule has 6 heteroatoms. The fourth-order valence-electron chi connectivity index (χ4n) is 1.98. The number of hydrogen-bond donors (Lipinski definition) is 1. The minimum absolute atomic E-state index is 0.0648. The Balaban J connectivity index is 1.98. The van der Waals surface area contributed by atoms with Gasteiger partial charge in [-0.1, -0.05) is 18.5 Å². The Morgan fingerprint density at radius 1 is 1.14 bits per heavy atom. The lowest BCUT2D eigenvalue weighted by Crippen LogP contribution is -2.00. The van der Waals surface area contributed by atoms with Crippen molar-refractivity contribution in [2.24, 2.45) is 0 Å². The zero-order valence-corrected chi connectivity index (χ0v) is 12.2. The van der Waals surface area contributed by atoms with E-state index in [9.17, 15) is 5.11 Å². The van der Waals surface area contributed by atoms with Crippen LogP contribution in [-0.2, 0) is 0 Å². The van der Waals surface area contributed by atoms with Gasteiger partial charge in [-0.15, -0.1) is 15.0 Å². The molecule has 0 saturated heterocycles. The molecule has 0 unspecified atom stereocenters. The first-order valence-corrected chi connectivity index (χ1v) is 7.04. The van der Waals surface area contributed by atoms with Gasteiger partial charge in [0.2, 0.25) is 0 Å². The Kier molecular flexibility index (Phi) is 3.66. The van der Waals surface area contributed by atoms with Crippen molar-refractivity contribution in [3.8, 4) is 17.2 Å². The first-order chi connectivity index (χ1) is 10.2. The van der Waals surface area contributed by atoms with E-state index in [1.807, 2.05) is 6.92 Å². The first-order valence-electron chi connectivity index (χ1n) is 6.66. The van der Waals surface area contributed by atoms with Gasteiger partial charge in [0, 0.05) is 11.1 Å². The molecule has 0 aliphatic carbocycles. The van der Waals surface area contributed by atoms with E-state index >= 15 is 0 Å². The van der Waals surface area contributed by atoms with Crippen LogP contribution in [0, 0.1) is 0 Å². The highest BCUT2D eigenvalue weighted by atomic mass is 35.5. The lowest BCUT2D eigenvalue weighted by Gasteiger charge is -2.07. The summed E-state index contributed by atoms with van der Waals surface area (Å²) in [5, 5.41) is 19.4. The van der Waals surface area contributed by atoms with E-state index < -0.39 is 0 Å². The van der Waals surface area contributed by atoms with Crippen molar-refractivity contribution in [2.75, 3.05) is 6.61 Å². The molecule has 1 N–H and O–H groups in total. The van der Waals surface area contributed by atoms with Crippen LogP contribution in [0.4, 0.5) is 0 Å². The number of aromatic hydroxyl groups is 1. The van der Waals surface area contributed by atoms with Crippen LogP contribution in [0.25, 0.3) is 16.7 Å². The largest absolute Gasteiger partial charge is 0.505 e. The van der Waals surface area contributed by atoms with Crippen molar-refractivity contribution < 1.29 is 9.84 Å². The molecule has 0 radical (unpaired) electrons. The Labute approximate surface area is 126 Å². The molecule has 1 heterocycles. The fourth-order valence-corrected chi connectivity index (χ4v) is 2.14. The van der Waals surface area contributed by atoms with E-state index in [4.69, 9.17) is 16.3 Å². The van der Waals surface area contributed by atoms with Gasteiger partial charge in [-0.25, -0.2) is 0 Å². The van der Waals surface area contributed by atoms with Crippen molar-refractivity contribution in [1.29, 1.82) is 0 Å². The monoisotopic (exact) mass is 303 g/mol. The molecule has 3 rings (SSSR count). The van der Waals surface area contributed by atoms with E-state index in [2.05, 4.69) is 10.2 Å². The summed E-state index contributed by atoms with van der Waals surface area (Å²) in [4.78, 5) is 1.39. The maximum absolute atomic E-state index is 10.1. The van der Waals surface area contributed by atoms with Crippen LogP contribution in [0.5, 0.6) is 11.5 Å². The van der Waals surface area contributed by atoms with E-state index in [1.165, 1.54) is 4.80 Å². The van der Waals surface area contributed by atoms with Gasteiger partial charge in [-0.2, -0.15) is 0 Å². The Morgan fingerprint density at radius 2 is 1.95 bits per heavy atom. The SMILES string of the molecule is CCCOc1ccc(-n2nc3ccc(Cl)cc3n2)c(O)c1. The van der Waals surface area contributed by atoms with Crippen LogP contribution < -0.4 is 4.74 Å². The van der Waals surface area contributed by atoms with Gasteiger partial charge in [-0.3, -0.25) is 0 Å². The van der Waals surface area contributed by atoms with E-state index in [0.29, 0.717) is 34.1 Å². The summed E-state index contributed by atoms with van der Waals surface area (Å²) in [5.74, 6) is 0.688. The number of nitrogens with zero attached hydrogens (tertiary/aromatic N) is 3. The highest BCUT2D eigenvalue weighted by molar-refractivity contribution is 6.31. The van der Waals surface area contributed by atoms with Crippen LogP contribution in [0.3, 0.4) is 0 Å². The second kappa shape index (κ2) is 5.61. The predicted octanol–water partition coefficient (Wildman–Crippen LogP) is 3.57. The summed E-state index contributed by atoms with van der Waals surface area (Å²) in [6.07, 6.45) is 0.912. The van der Waals surface area contributed by atoms with Gasteiger partial charge in [0.15, 0.2) is 0 Å². The number of phenolic OH excluding ortho intramolecular Hbond substituents is 1. The van der Waals surface area contributed by atoms with Gasteiger partial charge in [0.1, 0.15) is 28.2 Å². The molecule has 1 aromatic heterocycles. The first kappa shape index (κ1) is 13.7. The van der Waals surface area contributed by atoms with Crippen molar-refractivity contribution in [3.05, 3.63) is 41.4 Å². The minimum atomic E-state index is 0.0648. The zero-order valence-electron chi connectivity index (χ0n) is 11.5. The van der Waals surface area contributed by atoms with Gasteiger partial charge >= 0.3 is 0 Å². The fraction of sp³-hybridized carbons (Fsp3) is 0.200. The molecule has 0 atom stereocenters. The third-order valence-electron chi connectivity index (χ3n) is 2.98. The summed E-state index contributed by atoms with van der Waals surface area (Å²) in [6, 6.07) is 10.3. The summed E-state index contributed by atoms with van der Waals surface area (Å²) >= 11 is 5.93. The van der Waals surface area contributed by atoms with E-state index in [0.717, 1.165) is 6.42 Å². The van der Waals surface area contributed by atoms with E-state index in [-0.39, 0.29) is 5.75 Å². The number of ether oxygens (including phenoxy) is 1. The summed E-state index contributed by atoms with van der Waals surface area (Å²) < 4.78 is 5.47. The molecule has 0 spiro atoms. The number of fused-ring (bicyclic) bond motifs is 1. The summed E-state index contributed by atoms with van der Waals surface area (Å²) in [7, 11) is 0. The van der Waals surface area contributed by atoms with Crippen LogP contribution in [-0.4, -0.2) is 26.7 Å². The number of aromatic nitrogens is 3. The van der Waals surface area contributed by atoms with Gasteiger partial charge in [0.05, 0.1) is 6.61 Å². The molecule has 0 aliphatic heterocycles. The lowest BCUT2D eigenvalue weighted by atomic mass is 10.3. The quantitative estimate of drug-likeness (QED) is 0.800. The van der Waals surface area contributed by atoms with Gasteiger partial charge in [0.25, 0.3) is 0 Å². The standard InChI is InChI=1S/C15H14ClN3O2/c1-2-7-21-11-4-6-14(15(20)9-11)19-17-12-5-3-10(16)8-13(12)18-19/h3-6,8-9,20H,2,7H2,1H3. The topological polar surface area (TPSA) is 60.2 Å². The number of rotatable bonds is 4. The Bertz CT molecular complexity index is 786. The average molecular weight is 304 g/mol. The predicted molar refractivity (Wildman–Crippen MR) is 81.3 cm³/mol. The Morgan fingerprint density at radius 3 is 2.71 bits per heavy atom. The molecule has 0 saturated carbocycles. The molecule has 2 aromatic carbocycles. The minimum Gasteiger partial charge on any atom is -0.505 e. The third kappa shape index (κ3) is 2.78. The maximum atomic E-state index is 10.1. The molecular weight excluding hydrogens is 290 g/mol. The second-order valence-electron chi connectivity index (χ2n) is 4.62. The average Bonchev–Trinajstić information content (AvgIpc) is 2.87. The molecular formula is C15H14ClN3O2. The third-order valence-corrected chi connectivity index (χ3v) is 3.21. The Hall–Kier alpha value is -2.27. The highest BCUT2D eigenvalue weighted by Gasteiger charge is 2.10. The van der Waals surface area contributed by atoms with Crippen molar-refractivity contribution in [1.82, 2.24) is 15.0 Å². The molecule has 5 nitrogen and oxygen atoms in total. The molecule has 108 valence electrons. The summed E-state index contributed by atoms with van der Waals surface area (Å²) in [5.41, 5.74) is 1.88. The second-order valence-corrected chi connectivity index (χ2v) is 5.06. The number of benzene rings is 2. The molecule has 0 fully saturated rings. The van der Waals surface area contributed by atoms with Crippen LogP contribution in [0.1, 0.15) is 13.3 Å². The van der Waals surface area contributed by atoms with E-state index in [1.54, 1.807) is 36.4 Å².